The monoisotopic (exact) mass is 361 g/mol. The van der Waals surface area contributed by atoms with E-state index in [1.165, 1.54) is 11.1 Å². The second-order valence-corrected chi connectivity index (χ2v) is 6.15. The van der Waals surface area contributed by atoms with Gasteiger partial charge in [-0.05, 0) is 30.0 Å². The van der Waals surface area contributed by atoms with Crippen molar-refractivity contribution in [1.82, 2.24) is 5.32 Å². The fourth-order valence-electron chi connectivity index (χ4n) is 2.37. The molecule has 2 aromatic carbocycles. The van der Waals surface area contributed by atoms with Crippen LogP contribution < -0.4 is 5.32 Å². The number of carboxylic acids is 1. The van der Waals surface area contributed by atoms with Gasteiger partial charge in [-0.2, -0.15) is 0 Å². The van der Waals surface area contributed by atoms with Crippen LogP contribution in [0.2, 0.25) is 0 Å². The largest absolute Gasteiger partial charge is 0.481 e. The Balaban J connectivity index is 1.98. The van der Waals surface area contributed by atoms with Crippen molar-refractivity contribution >= 4 is 21.9 Å². The van der Waals surface area contributed by atoms with Crippen LogP contribution in [0.15, 0.2) is 59.1 Å². The molecule has 1 atom stereocenters. The molecule has 3 nitrogen and oxygen atoms in total. The van der Waals surface area contributed by atoms with E-state index in [2.05, 4.69) is 39.4 Å². The maximum Gasteiger partial charge on any atom is 0.303 e. The molecule has 0 bridgehead atoms. The van der Waals surface area contributed by atoms with Gasteiger partial charge >= 0.3 is 5.97 Å². The van der Waals surface area contributed by atoms with Crippen molar-refractivity contribution < 1.29 is 9.90 Å². The number of carboxylic acid groups (broad SMARTS) is 1. The zero-order valence-electron chi connectivity index (χ0n) is 12.3. The van der Waals surface area contributed by atoms with Crippen LogP contribution in [0.3, 0.4) is 0 Å². The number of nitrogens with one attached hydrogen (secondary N) is 1. The number of hydrogen-bond acceptors (Lipinski definition) is 2. The van der Waals surface area contributed by atoms with E-state index in [-0.39, 0.29) is 12.5 Å². The Morgan fingerprint density at radius 2 is 1.77 bits per heavy atom. The zero-order chi connectivity index (χ0) is 15.8. The van der Waals surface area contributed by atoms with Gasteiger partial charge in [-0.3, -0.25) is 4.79 Å². The minimum Gasteiger partial charge on any atom is -0.481 e. The highest BCUT2D eigenvalue weighted by Crippen LogP contribution is 2.16. The molecule has 2 aromatic rings. The molecule has 0 aliphatic heterocycles. The lowest BCUT2D eigenvalue weighted by Gasteiger charge is -2.19. The minimum atomic E-state index is -0.749. The van der Waals surface area contributed by atoms with Gasteiger partial charge in [0.1, 0.15) is 0 Å². The summed E-state index contributed by atoms with van der Waals surface area (Å²) < 4.78 is 1.07. The maximum atomic E-state index is 10.8. The molecule has 0 fully saturated rings. The van der Waals surface area contributed by atoms with Gasteiger partial charge in [-0.25, -0.2) is 0 Å². The van der Waals surface area contributed by atoms with Gasteiger partial charge in [-0.15, -0.1) is 0 Å². The summed E-state index contributed by atoms with van der Waals surface area (Å²) in [6.45, 7) is 0.721. The van der Waals surface area contributed by atoms with E-state index < -0.39 is 5.97 Å². The number of benzene rings is 2. The highest BCUT2D eigenvalue weighted by Gasteiger charge is 2.12. The van der Waals surface area contributed by atoms with Crippen molar-refractivity contribution in [2.75, 3.05) is 0 Å². The fourth-order valence-corrected chi connectivity index (χ4v) is 2.79. The first-order valence-electron chi connectivity index (χ1n) is 7.37. The summed E-state index contributed by atoms with van der Waals surface area (Å²) in [5.41, 5.74) is 2.40. The molecule has 0 spiro atoms. The van der Waals surface area contributed by atoms with E-state index in [0.29, 0.717) is 6.42 Å². The molecular weight excluding hydrogens is 342 g/mol. The minimum absolute atomic E-state index is 0.144. The maximum absolute atomic E-state index is 10.8. The van der Waals surface area contributed by atoms with Crippen LogP contribution in [0.25, 0.3) is 0 Å². The predicted octanol–water partition coefficient (Wildman–Crippen LogP) is 4.01. The van der Waals surface area contributed by atoms with Crippen LogP contribution in [0.4, 0.5) is 0 Å². The summed E-state index contributed by atoms with van der Waals surface area (Å²) >= 11 is 3.54. The Morgan fingerprint density at radius 3 is 2.45 bits per heavy atom. The van der Waals surface area contributed by atoms with E-state index >= 15 is 0 Å². The molecule has 0 saturated heterocycles. The number of aliphatic carboxylic acids is 1. The molecule has 2 N–H and O–H groups in total. The van der Waals surface area contributed by atoms with Gasteiger partial charge in [-0.1, -0.05) is 64.5 Å². The first-order chi connectivity index (χ1) is 10.6. The van der Waals surface area contributed by atoms with Crippen molar-refractivity contribution in [2.24, 2.45) is 0 Å². The number of hydrogen-bond donors (Lipinski definition) is 2. The highest BCUT2D eigenvalue weighted by molar-refractivity contribution is 9.10. The first-order valence-corrected chi connectivity index (χ1v) is 8.17. The lowest BCUT2D eigenvalue weighted by Crippen LogP contribution is -2.31. The third-order valence-electron chi connectivity index (χ3n) is 3.57. The Kier molecular flexibility index (Phi) is 6.62. The topological polar surface area (TPSA) is 49.3 Å². The van der Waals surface area contributed by atoms with Gasteiger partial charge in [0, 0.05) is 23.5 Å². The van der Waals surface area contributed by atoms with Crippen LogP contribution in [0.5, 0.6) is 0 Å². The molecule has 0 aliphatic rings. The Morgan fingerprint density at radius 1 is 1.09 bits per heavy atom. The van der Waals surface area contributed by atoms with Crippen molar-refractivity contribution in [1.29, 1.82) is 0 Å². The molecule has 1 unspecified atom stereocenters. The SMILES string of the molecule is O=C(O)CCC(Cc1ccccc1)NCc1ccccc1Br. The molecule has 0 aromatic heterocycles. The Bertz CT molecular complexity index is 601. The summed E-state index contributed by atoms with van der Waals surface area (Å²) in [5, 5.41) is 12.4. The molecule has 4 heteroatoms. The normalized spacial score (nSPS) is 12.0. The van der Waals surface area contributed by atoms with Gasteiger partial charge in [0.15, 0.2) is 0 Å². The molecule has 0 heterocycles. The van der Waals surface area contributed by atoms with Crippen LogP contribution >= 0.6 is 15.9 Å². The summed E-state index contributed by atoms with van der Waals surface area (Å²) in [7, 11) is 0. The molecule has 2 rings (SSSR count). The molecule has 22 heavy (non-hydrogen) atoms. The van der Waals surface area contributed by atoms with E-state index in [0.717, 1.165) is 17.4 Å². The molecular formula is C18H20BrNO2. The number of rotatable bonds is 8. The van der Waals surface area contributed by atoms with Crippen LogP contribution in [-0.2, 0) is 17.8 Å². The lowest BCUT2D eigenvalue weighted by atomic mass is 10.0. The Labute approximate surface area is 139 Å². The quantitative estimate of drug-likeness (QED) is 0.746. The van der Waals surface area contributed by atoms with E-state index in [4.69, 9.17) is 5.11 Å². The summed E-state index contributed by atoms with van der Waals surface area (Å²) in [6.07, 6.45) is 1.63. The number of halogens is 1. The second kappa shape index (κ2) is 8.71. The lowest BCUT2D eigenvalue weighted by molar-refractivity contribution is -0.137. The molecule has 0 aliphatic carbocycles. The van der Waals surface area contributed by atoms with E-state index in [1.54, 1.807) is 0 Å². The van der Waals surface area contributed by atoms with Crippen LogP contribution in [-0.4, -0.2) is 17.1 Å². The van der Waals surface area contributed by atoms with Crippen molar-refractivity contribution in [3.63, 3.8) is 0 Å². The number of carbonyl (C=O) groups is 1. The van der Waals surface area contributed by atoms with Gasteiger partial charge in [0.2, 0.25) is 0 Å². The highest BCUT2D eigenvalue weighted by atomic mass is 79.9. The average molecular weight is 362 g/mol. The van der Waals surface area contributed by atoms with Gasteiger partial charge < -0.3 is 10.4 Å². The molecule has 0 amide bonds. The van der Waals surface area contributed by atoms with E-state index in [9.17, 15) is 4.79 Å². The molecule has 0 radical (unpaired) electrons. The predicted molar refractivity (Wildman–Crippen MR) is 91.8 cm³/mol. The average Bonchev–Trinajstić information content (AvgIpc) is 2.52. The van der Waals surface area contributed by atoms with E-state index in [1.807, 2.05) is 36.4 Å². The smallest absolute Gasteiger partial charge is 0.303 e. The van der Waals surface area contributed by atoms with Crippen molar-refractivity contribution in [2.45, 2.75) is 31.8 Å². The molecule has 116 valence electrons. The van der Waals surface area contributed by atoms with Gasteiger partial charge in [0.25, 0.3) is 0 Å². The zero-order valence-corrected chi connectivity index (χ0v) is 13.9. The van der Waals surface area contributed by atoms with Crippen LogP contribution in [0.1, 0.15) is 24.0 Å². The standard InChI is InChI=1S/C18H20BrNO2/c19-17-9-5-4-8-15(17)13-20-16(10-11-18(21)22)12-14-6-2-1-3-7-14/h1-9,16,20H,10-13H2,(H,21,22). The summed E-state index contributed by atoms with van der Waals surface area (Å²) in [4.78, 5) is 10.8. The summed E-state index contributed by atoms with van der Waals surface area (Å²) in [6, 6.07) is 18.4. The summed E-state index contributed by atoms with van der Waals surface area (Å²) in [5.74, 6) is -0.749. The van der Waals surface area contributed by atoms with Crippen molar-refractivity contribution in [3.8, 4) is 0 Å². The fraction of sp³-hybridized carbons (Fsp3) is 0.278. The first kappa shape index (κ1) is 16.7. The Hall–Kier alpha value is -1.65. The van der Waals surface area contributed by atoms with Gasteiger partial charge in [0.05, 0.1) is 0 Å². The third-order valence-corrected chi connectivity index (χ3v) is 4.34. The second-order valence-electron chi connectivity index (χ2n) is 5.29. The third kappa shape index (κ3) is 5.62. The molecule has 0 saturated carbocycles. The van der Waals surface area contributed by atoms with Crippen LogP contribution in [0, 0.1) is 0 Å². The van der Waals surface area contributed by atoms with Crippen molar-refractivity contribution in [3.05, 3.63) is 70.2 Å².